The van der Waals surface area contributed by atoms with Crippen LogP contribution in [0.4, 0.5) is 0 Å². The Morgan fingerprint density at radius 3 is 2.65 bits per heavy atom. The lowest BCUT2D eigenvalue weighted by atomic mass is 9.80. The first-order valence-corrected chi connectivity index (χ1v) is 11.1. The van der Waals surface area contributed by atoms with Gasteiger partial charge in [0, 0.05) is 17.6 Å². The largest absolute Gasteiger partial charge is 0.339 e. The molecule has 1 aliphatic carbocycles. The molecule has 1 fully saturated rings. The number of carbonyl (C=O) groups is 1. The van der Waals surface area contributed by atoms with Crippen molar-refractivity contribution in [2.75, 3.05) is 6.54 Å². The standard InChI is InChI=1S/C27H29N3O/c1-19(25-11-5-7-21-6-2-3-10-26(21)25)30-24-9-4-8-23(18-24)20-12-14-22(15-13-20)27(31)29-17-16-28/h2-3,5-7,10-15,19,23-24,30H,4,8-9,17-18H2,1H3,(H,29,31)/t19?,23-,24?/m0/s1. The van der Waals surface area contributed by atoms with Gasteiger partial charge in [0.15, 0.2) is 0 Å². The fraction of sp³-hybridized carbons (Fsp3) is 0.333. The summed E-state index contributed by atoms with van der Waals surface area (Å²) in [6, 6.07) is 25.7. The predicted molar refractivity (Wildman–Crippen MR) is 125 cm³/mol. The van der Waals surface area contributed by atoms with Crippen molar-refractivity contribution in [3.05, 3.63) is 83.4 Å². The van der Waals surface area contributed by atoms with E-state index in [-0.39, 0.29) is 12.5 Å². The lowest BCUT2D eigenvalue weighted by molar-refractivity contribution is 0.0958. The van der Waals surface area contributed by atoms with Crippen molar-refractivity contribution >= 4 is 16.7 Å². The number of carbonyl (C=O) groups excluding carboxylic acids is 1. The fourth-order valence-electron chi connectivity index (χ4n) is 4.84. The van der Waals surface area contributed by atoms with Crippen LogP contribution in [0, 0.1) is 11.3 Å². The van der Waals surface area contributed by atoms with Gasteiger partial charge >= 0.3 is 0 Å². The average Bonchev–Trinajstić information content (AvgIpc) is 2.82. The van der Waals surface area contributed by atoms with E-state index in [4.69, 9.17) is 5.26 Å². The Hall–Kier alpha value is -3.16. The molecule has 0 bridgehead atoms. The normalized spacial score (nSPS) is 19.5. The minimum Gasteiger partial charge on any atom is -0.339 e. The van der Waals surface area contributed by atoms with E-state index < -0.39 is 0 Å². The van der Waals surface area contributed by atoms with Gasteiger partial charge in [-0.25, -0.2) is 0 Å². The number of rotatable bonds is 6. The maximum Gasteiger partial charge on any atom is 0.252 e. The maximum atomic E-state index is 12.0. The predicted octanol–water partition coefficient (Wildman–Crippen LogP) is 5.47. The molecule has 3 aromatic rings. The van der Waals surface area contributed by atoms with E-state index in [1.54, 1.807) is 0 Å². The summed E-state index contributed by atoms with van der Waals surface area (Å²) in [5.74, 6) is 0.308. The summed E-state index contributed by atoms with van der Waals surface area (Å²) >= 11 is 0. The Bertz CT molecular complexity index is 1080. The first-order chi connectivity index (χ1) is 15.2. The van der Waals surface area contributed by atoms with Crippen LogP contribution in [0.1, 0.15) is 66.1 Å². The zero-order valence-electron chi connectivity index (χ0n) is 18.0. The van der Waals surface area contributed by atoms with Crippen LogP contribution >= 0.6 is 0 Å². The van der Waals surface area contributed by atoms with Crippen LogP contribution in [0.2, 0.25) is 0 Å². The molecular weight excluding hydrogens is 382 g/mol. The van der Waals surface area contributed by atoms with E-state index in [9.17, 15) is 4.79 Å². The topological polar surface area (TPSA) is 64.9 Å². The number of nitrogens with one attached hydrogen (secondary N) is 2. The summed E-state index contributed by atoms with van der Waals surface area (Å²) < 4.78 is 0. The summed E-state index contributed by atoms with van der Waals surface area (Å²) in [6.07, 6.45) is 4.69. The Labute approximate surface area is 184 Å². The third-order valence-corrected chi connectivity index (χ3v) is 6.42. The second-order valence-electron chi connectivity index (χ2n) is 8.48. The smallest absolute Gasteiger partial charge is 0.252 e. The lowest BCUT2D eigenvalue weighted by Crippen LogP contribution is -2.35. The van der Waals surface area contributed by atoms with Crippen LogP contribution in [-0.4, -0.2) is 18.5 Å². The minimum absolute atomic E-state index is 0.0332. The second-order valence-corrected chi connectivity index (χ2v) is 8.48. The molecule has 0 aromatic heterocycles. The number of nitriles is 1. The molecular formula is C27H29N3O. The summed E-state index contributed by atoms with van der Waals surface area (Å²) in [5.41, 5.74) is 3.25. The summed E-state index contributed by atoms with van der Waals surface area (Å²) in [7, 11) is 0. The molecule has 0 radical (unpaired) electrons. The van der Waals surface area contributed by atoms with Crippen molar-refractivity contribution in [3.63, 3.8) is 0 Å². The van der Waals surface area contributed by atoms with Crippen LogP contribution in [0.3, 0.4) is 0 Å². The fourth-order valence-corrected chi connectivity index (χ4v) is 4.84. The van der Waals surface area contributed by atoms with Crippen molar-refractivity contribution in [1.82, 2.24) is 10.6 Å². The molecule has 0 heterocycles. The van der Waals surface area contributed by atoms with Gasteiger partial charge < -0.3 is 10.6 Å². The number of benzene rings is 3. The third-order valence-electron chi connectivity index (χ3n) is 6.42. The molecule has 0 aliphatic heterocycles. The van der Waals surface area contributed by atoms with Gasteiger partial charge in [-0.15, -0.1) is 0 Å². The van der Waals surface area contributed by atoms with Crippen molar-refractivity contribution in [1.29, 1.82) is 5.26 Å². The monoisotopic (exact) mass is 411 g/mol. The Balaban J connectivity index is 1.41. The van der Waals surface area contributed by atoms with Crippen LogP contribution in [-0.2, 0) is 0 Å². The van der Waals surface area contributed by atoms with E-state index in [1.807, 2.05) is 18.2 Å². The van der Waals surface area contributed by atoms with Crippen LogP contribution in [0.15, 0.2) is 66.7 Å². The molecule has 31 heavy (non-hydrogen) atoms. The second kappa shape index (κ2) is 9.76. The van der Waals surface area contributed by atoms with Gasteiger partial charge in [-0.2, -0.15) is 5.26 Å². The van der Waals surface area contributed by atoms with E-state index in [2.05, 4.69) is 72.2 Å². The number of hydrogen-bond donors (Lipinski definition) is 2. The molecule has 1 aliphatic rings. The van der Waals surface area contributed by atoms with Gasteiger partial charge in [-0.05, 0) is 66.1 Å². The van der Waals surface area contributed by atoms with Gasteiger partial charge in [-0.3, -0.25) is 4.79 Å². The minimum atomic E-state index is -0.194. The summed E-state index contributed by atoms with van der Waals surface area (Å²) in [4.78, 5) is 12.0. The molecule has 4 heteroatoms. The first-order valence-electron chi connectivity index (χ1n) is 11.1. The molecule has 0 saturated heterocycles. The van der Waals surface area contributed by atoms with E-state index in [1.165, 1.54) is 41.2 Å². The van der Waals surface area contributed by atoms with Crippen molar-refractivity contribution in [2.45, 2.75) is 50.6 Å². The molecule has 4 nitrogen and oxygen atoms in total. The average molecular weight is 412 g/mol. The Morgan fingerprint density at radius 1 is 1.06 bits per heavy atom. The quantitative estimate of drug-likeness (QED) is 0.529. The Morgan fingerprint density at radius 2 is 1.84 bits per heavy atom. The molecule has 3 aromatic carbocycles. The van der Waals surface area contributed by atoms with Gasteiger partial charge in [0.2, 0.25) is 0 Å². The molecule has 1 saturated carbocycles. The molecule has 2 unspecified atom stereocenters. The molecule has 2 N–H and O–H groups in total. The maximum absolute atomic E-state index is 12.0. The first kappa shape index (κ1) is 21.1. The molecule has 3 atom stereocenters. The zero-order chi connectivity index (χ0) is 21.6. The summed E-state index contributed by atoms with van der Waals surface area (Å²) in [5, 5.41) is 17.7. The SMILES string of the molecule is CC(NC1CCC[C@H](c2ccc(C(=O)NCC#N)cc2)C1)c1cccc2ccccc12. The van der Waals surface area contributed by atoms with Crippen molar-refractivity contribution in [3.8, 4) is 6.07 Å². The van der Waals surface area contributed by atoms with E-state index >= 15 is 0 Å². The van der Waals surface area contributed by atoms with Gasteiger partial charge in [0.1, 0.15) is 6.54 Å². The summed E-state index contributed by atoms with van der Waals surface area (Å²) in [6.45, 7) is 2.30. The van der Waals surface area contributed by atoms with Crippen LogP contribution in [0.25, 0.3) is 10.8 Å². The molecule has 4 rings (SSSR count). The van der Waals surface area contributed by atoms with Crippen LogP contribution in [0.5, 0.6) is 0 Å². The molecule has 158 valence electrons. The van der Waals surface area contributed by atoms with Gasteiger partial charge in [0.05, 0.1) is 6.07 Å². The van der Waals surface area contributed by atoms with Gasteiger partial charge in [0.25, 0.3) is 5.91 Å². The van der Waals surface area contributed by atoms with E-state index in [0.717, 1.165) is 6.42 Å². The highest BCUT2D eigenvalue weighted by molar-refractivity contribution is 5.94. The number of nitrogens with zero attached hydrogens (tertiary/aromatic N) is 1. The number of amides is 1. The van der Waals surface area contributed by atoms with E-state index in [0.29, 0.717) is 23.6 Å². The zero-order valence-corrected chi connectivity index (χ0v) is 18.0. The lowest BCUT2D eigenvalue weighted by Gasteiger charge is -2.32. The Kier molecular flexibility index (Phi) is 6.64. The highest BCUT2D eigenvalue weighted by Gasteiger charge is 2.25. The van der Waals surface area contributed by atoms with Gasteiger partial charge in [-0.1, -0.05) is 61.0 Å². The number of hydrogen-bond acceptors (Lipinski definition) is 3. The van der Waals surface area contributed by atoms with Crippen LogP contribution < -0.4 is 10.6 Å². The number of fused-ring (bicyclic) bond motifs is 1. The highest BCUT2D eigenvalue weighted by atomic mass is 16.1. The third kappa shape index (κ3) is 4.95. The highest BCUT2D eigenvalue weighted by Crippen LogP contribution is 2.34. The van der Waals surface area contributed by atoms with Crippen molar-refractivity contribution in [2.24, 2.45) is 0 Å². The van der Waals surface area contributed by atoms with Crippen molar-refractivity contribution < 1.29 is 4.79 Å². The molecule has 0 spiro atoms. The molecule has 1 amide bonds.